The summed E-state index contributed by atoms with van der Waals surface area (Å²) in [6.45, 7) is 6.77. The smallest absolute Gasteiger partial charge is 0.412 e. The number of aryl methyl sites for hydroxylation is 1. The molecule has 2 rings (SSSR count). The Morgan fingerprint density at radius 1 is 0.967 bits per heavy atom. The van der Waals surface area contributed by atoms with E-state index < -0.39 is 33.4 Å². The lowest BCUT2D eigenvalue weighted by Crippen LogP contribution is -2.27. The minimum atomic E-state index is -3.53. The van der Waals surface area contributed by atoms with E-state index in [1.54, 1.807) is 33.8 Å². The predicted molar refractivity (Wildman–Crippen MR) is 114 cm³/mol. The molecule has 30 heavy (non-hydrogen) atoms. The van der Waals surface area contributed by atoms with Gasteiger partial charge in [-0.25, -0.2) is 17.6 Å². The number of sulfonamides is 1. The Kier molecular flexibility index (Phi) is 6.71. The molecule has 0 unspecified atom stereocenters. The summed E-state index contributed by atoms with van der Waals surface area (Å²) in [5, 5.41) is 4.99. The van der Waals surface area contributed by atoms with Crippen LogP contribution < -0.4 is 15.4 Å². The molecule has 0 spiro atoms. The summed E-state index contributed by atoms with van der Waals surface area (Å²) in [7, 11) is -3.53. The van der Waals surface area contributed by atoms with Gasteiger partial charge in [-0.3, -0.25) is 14.8 Å². The fourth-order valence-corrected chi connectivity index (χ4v) is 3.03. The van der Waals surface area contributed by atoms with Crippen molar-refractivity contribution in [3.8, 4) is 0 Å². The molecule has 162 valence electrons. The zero-order valence-corrected chi connectivity index (χ0v) is 18.1. The van der Waals surface area contributed by atoms with E-state index in [-0.39, 0.29) is 22.6 Å². The molecule has 0 fully saturated rings. The van der Waals surface area contributed by atoms with E-state index in [1.165, 1.54) is 18.2 Å². The van der Waals surface area contributed by atoms with Gasteiger partial charge in [-0.05, 0) is 63.6 Å². The molecule has 0 aliphatic rings. The second-order valence-corrected chi connectivity index (χ2v) is 9.42. The quantitative estimate of drug-likeness (QED) is 0.652. The molecule has 0 radical (unpaired) electrons. The maximum absolute atomic E-state index is 13.7. The summed E-state index contributed by atoms with van der Waals surface area (Å²) in [6, 6.07) is 7.91. The number of ether oxygens (including phenoxy) is 1. The lowest BCUT2D eigenvalue weighted by molar-refractivity contribution is 0.0635. The average Bonchev–Trinajstić information content (AvgIpc) is 2.56. The number of halogens is 1. The Morgan fingerprint density at radius 2 is 1.63 bits per heavy atom. The van der Waals surface area contributed by atoms with E-state index in [1.807, 2.05) is 0 Å². The van der Waals surface area contributed by atoms with Gasteiger partial charge in [0.1, 0.15) is 11.4 Å². The van der Waals surface area contributed by atoms with Crippen LogP contribution in [0.1, 0.15) is 36.7 Å². The van der Waals surface area contributed by atoms with Gasteiger partial charge in [0.25, 0.3) is 5.91 Å². The van der Waals surface area contributed by atoms with Gasteiger partial charge >= 0.3 is 6.09 Å². The fraction of sp³-hybridized carbons (Fsp3) is 0.300. The van der Waals surface area contributed by atoms with E-state index in [0.29, 0.717) is 5.56 Å². The van der Waals surface area contributed by atoms with Crippen LogP contribution in [-0.4, -0.2) is 32.3 Å². The van der Waals surface area contributed by atoms with Gasteiger partial charge in [-0.2, -0.15) is 0 Å². The Hall–Kier alpha value is -3.14. The van der Waals surface area contributed by atoms with Crippen molar-refractivity contribution < 1.29 is 27.1 Å². The third kappa shape index (κ3) is 7.03. The molecule has 0 aliphatic carbocycles. The van der Waals surface area contributed by atoms with Crippen molar-refractivity contribution >= 4 is 39.1 Å². The van der Waals surface area contributed by atoms with E-state index in [2.05, 4.69) is 15.4 Å². The van der Waals surface area contributed by atoms with Crippen LogP contribution in [0.15, 0.2) is 36.4 Å². The molecule has 0 atom stereocenters. The van der Waals surface area contributed by atoms with Crippen LogP contribution in [0.3, 0.4) is 0 Å². The highest BCUT2D eigenvalue weighted by atomic mass is 32.2. The third-order valence-electron chi connectivity index (χ3n) is 3.66. The number of hydrogen-bond donors (Lipinski definition) is 3. The number of anilines is 3. The minimum Gasteiger partial charge on any atom is -0.444 e. The molecular weight excluding hydrogens is 413 g/mol. The fourth-order valence-electron chi connectivity index (χ4n) is 2.41. The largest absolute Gasteiger partial charge is 0.444 e. The van der Waals surface area contributed by atoms with Crippen LogP contribution in [0.25, 0.3) is 0 Å². The molecule has 0 saturated carbocycles. The summed E-state index contributed by atoms with van der Waals surface area (Å²) in [4.78, 5) is 24.7. The van der Waals surface area contributed by atoms with Crippen LogP contribution in [0.5, 0.6) is 0 Å². The topological polar surface area (TPSA) is 114 Å². The van der Waals surface area contributed by atoms with E-state index in [0.717, 1.165) is 18.4 Å². The third-order valence-corrected chi connectivity index (χ3v) is 4.25. The number of carbonyl (C=O) groups is 2. The SMILES string of the molecule is Cc1ccc(C(=O)Nc2cc(F)ccc2NC(=O)OC(C)(C)C)cc1NS(C)(=O)=O. The van der Waals surface area contributed by atoms with Crippen LogP contribution in [0, 0.1) is 12.7 Å². The zero-order valence-electron chi connectivity index (χ0n) is 17.3. The van der Waals surface area contributed by atoms with Crippen molar-refractivity contribution in [1.29, 1.82) is 0 Å². The zero-order chi connectivity index (χ0) is 22.7. The Balaban J connectivity index is 2.27. The first kappa shape index (κ1) is 23.1. The first-order valence-electron chi connectivity index (χ1n) is 8.93. The number of carbonyl (C=O) groups excluding carboxylic acids is 2. The van der Waals surface area contributed by atoms with Crippen molar-refractivity contribution in [2.45, 2.75) is 33.3 Å². The molecule has 0 aromatic heterocycles. The second-order valence-electron chi connectivity index (χ2n) is 7.67. The monoisotopic (exact) mass is 437 g/mol. The molecule has 2 aromatic rings. The maximum atomic E-state index is 13.7. The molecule has 0 heterocycles. The maximum Gasteiger partial charge on any atom is 0.412 e. The van der Waals surface area contributed by atoms with Gasteiger partial charge in [0.2, 0.25) is 10.0 Å². The van der Waals surface area contributed by atoms with Crippen molar-refractivity contribution in [2.75, 3.05) is 21.6 Å². The Bertz CT molecular complexity index is 1080. The summed E-state index contributed by atoms with van der Waals surface area (Å²) in [5.41, 5.74) is 0.425. The molecule has 3 N–H and O–H groups in total. The molecule has 0 saturated heterocycles. The standard InChI is InChI=1S/C20H24FN3O5S/c1-12-6-7-13(10-16(12)24-30(5,27)28)18(25)22-17-11-14(21)8-9-15(17)23-19(26)29-20(2,3)4/h6-11,24H,1-5H3,(H,22,25)(H,23,26). The number of benzene rings is 2. The highest BCUT2D eigenvalue weighted by molar-refractivity contribution is 7.92. The van der Waals surface area contributed by atoms with Gasteiger partial charge in [0.05, 0.1) is 23.3 Å². The summed E-state index contributed by atoms with van der Waals surface area (Å²) in [5.74, 6) is -1.24. The molecular formula is C20H24FN3O5S. The van der Waals surface area contributed by atoms with Gasteiger partial charge in [-0.15, -0.1) is 0 Å². The van der Waals surface area contributed by atoms with E-state index >= 15 is 0 Å². The van der Waals surface area contributed by atoms with Gasteiger partial charge in [0.15, 0.2) is 0 Å². The highest BCUT2D eigenvalue weighted by Crippen LogP contribution is 2.25. The van der Waals surface area contributed by atoms with Crippen LogP contribution in [0.4, 0.5) is 26.2 Å². The lowest BCUT2D eigenvalue weighted by atomic mass is 10.1. The van der Waals surface area contributed by atoms with Gasteiger partial charge in [0, 0.05) is 5.56 Å². The van der Waals surface area contributed by atoms with Crippen LogP contribution in [0.2, 0.25) is 0 Å². The predicted octanol–water partition coefficient (Wildman–Crippen LogP) is 4.10. The number of amides is 2. The Morgan fingerprint density at radius 3 is 2.23 bits per heavy atom. The lowest BCUT2D eigenvalue weighted by Gasteiger charge is -2.20. The summed E-state index contributed by atoms with van der Waals surface area (Å²) >= 11 is 0. The van der Waals surface area contributed by atoms with Crippen molar-refractivity contribution in [3.63, 3.8) is 0 Å². The average molecular weight is 437 g/mol. The number of hydrogen-bond acceptors (Lipinski definition) is 5. The molecule has 8 nitrogen and oxygen atoms in total. The summed E-state index contributed by atoms with van der Waals surface area (Å²) in [6.07, 6.45) is 0.236. The van der Waals surface area contributed by atoms with E-state index in [9.17, 15) is 22.4 Å². The van der Waals surface area contributed by atoms with Crippen molar-refractivity contribution in [3.05, 3.63) is 53.3 Å². The molecule has 0 aliphatic heterocycles. The minimum absolute atomic E-state index is 0.0176. The summed E-state index contributed by atoms with van der Waals surface area (Å²) < 4.78 is 44.3. The number of rotatable bonds is 5. The molecule has 2 aromatic carbocycles. The van der Waals surface area contributed by atoms with E-state index in [4.69, 9.17) is 4.74 Å². The van der Waals surface area contributed by atoms with Crippen LogP contribution >= 0.6 is 0 Å². The molecule has 0 bridgehead atoms. The second kappa shape index (κ2) is 8.70. The van der Waals surface area contributed by atoms with Gasteiger partial charge in [-0.1, -0.05) is 6.07 Å². The molecule has 2 amide bonds. The number of nitrogens with one attached hydrogen (secondary N) is 3. The van der Waals surface area contributed by atoms with Crippen LogP contribution in [-0.2, 0) is 14.8 Å². The highest BCUT2D eigenvalue weighted by Gasteiger charge is 2.19. The molecule has 10 heteroatoms. The normalized spacial score (nSPS) is 11.5. The van der Waals surface area contributed by atoms with Crippen molar-refractivity contribution in [2.24, 2.45) is 0 Å². The van der Waals surface area contributed by atoms with Gasteiger partial charge < -0.3 is 10.1 Å². The van der Waals surface area contributed by atoms with Crippen molar-refractivity contribution in [1.82, 2.24) is 0 Å². The first-order valence-corrected chi connectivity index (χ1v) is 10.8. The first-order chi connectivity index (χ1) is 13.7. The Labute approximate surface area is 174 Å².